The van der Waals surface area contributed by atoms with Crippen molar-refractivity contribution in [2.45, 2.75) is 6.92 Å². The maximum Gasteiger partial charge on any atom is 0.328 e. The van der Waals surface area contributed by atoms with Gasteiger partial charge in [0.25, 0.3) is 11.8 Å². The minimum absolute atomic E-state index is 0.0674. The number of benzene rings is 2. The van der Waals surface area contributed by atoms with Gasteiger partial charge < -0.3 is 13.6 Å². The molecule has 1 saturated heterocycles. The highest BCUT2D eigenvalue weighted by atomic mass is 16.5. The van der Waals surface area contributed by atoms with Crippen molar-refractivity contribution >= 4 is 51.6 Å². The van der Waals surface area contributed by atoms with Gasteiger partial charge in [-0.1, -0.05) is 0 Å². The third kappa shape index (κ3) is 3.66. The number of carbonyl (C=O) groups is 4. The van der Waals surface area contributed by atoms with E-state index < -0.39 is 28.8 Å². The van der Waals surface area contributed by atoms with Gasteiger partial charge in [0.1, 0.15) is 28.8 Å². The molecule has 0 atom stereocenters. The Bertz CT molecular complexity index is 1650. The lowest BCUT2D eigenvalue weighted by Gasteiger charge is -2.13. The average Bonchev–Trinajstić information content (AvgIpc) is 3.16. The SMILES string of the molecule is COc1ccc(C(=O)c2oc3cc4occ(C=C5C(=O)NC(=O)NC5=O)c(=O)c4cc3c2C)cc1. The number of hydrogen-bond donors (Lipinski definition) is 2. The first kappa shape index (κ1) is 21.8. The van der Waals surface area contributed by atoms with Crippen molar-refractivity contribution in [1.82, 2.24) is 10.6 Å². The highest BCUT2D eigenvalue weighted by Gasteiger charge is 2.28. The lowest BCUT2D eigenvalue weighted by atomic mass is 10.0. The molecule has 2 aromatic heterocycles. The van der Waals surface area contributed by atoms with Gasteiger partial charge in [-0.05, 0) is 43.3 Å². The molecule has 10 nitrogen and oxygen atoms in total. The van der Waals surface area contributed by atoms with E-state index in [1.165, 1.54) is 19.2 Å². The Balaban J connectivity index is 1.60. The minimum Gasteiger partial charge on any atom is -0.497 e. The maximum absolute atomic E-state index is 13.1. The summed E-state index contributed by atoms with van der Waals surface area (Å²) < 4.78 is 16.5. The highest BCUT2D eigenvalue weighted by Crippen LogP contribution is 2.30. The lowest BCUT2D eigenvalue weighted by molar-refractivity contribution is -0.123. The number of ether oxygens (including phenoxy) is 1. The van der Waals surface area contributed by atoms with Gasteiger partial charge >= 0.3 is 6.03 Å². The maximum atomic E-state index is 13.1. The van der Waals surface area contributed by atoms with E-state index in [0.717, 1.165) is 12.3 Å². The summed E-state index contributed by atoms with van der Waals surface area (Å²) in [4.78, 5) is 61.4. The van der Waals surface area contributed by atoms with Crippen molar-refractivity contribution < 1.29 is 32.7 Å². The van der Waals surface area contributed by atoms with Crippen LogP contribution in [0, 0.1) is 6.92 Å². The summed E-state index contributed by atoms with van der Waals surface area (Å²) >= 11 is 0. The molecule has 0 spiro atoms. The highest BCUT2D eigenvalue weighted by molar-refractivity contribution is 6.31. The van der Waals surface area contributed by atoms with Crippen molar-refractivity contribution in [1.29, 1.82) is 0 Å². The predicted molar refractivity (Wildman–Crippen MR) is 123 cm³/mol. The van der Waals surface area contributed by atoms with Gasteiger partial charge in [-0.3, -0.25) is 29.8 Å². The molecule has 2 aromatic carbocycles. The van der Waals surface area contributed by atoms with Crippen LogP contribution in [0.4, 0.5) is 4.79 Å². The van der Waals surface area contributed by atoms with Gasteiger partial charge in [0.05, 0.1) is 18.1 Å². The Hall–Kier alpha value is -4.99. The first-order chi connectivity index (χ1) is 16.8. The van der Waals surface area contributed by atoms with Crippen LogP contribution in [0.3, 0.4) is 0 Å². The van der Waals surface area contributed by atoms with Crippen molar-refractivity contribution in [3.63, 3.8) is 0 Å². The zero-order valence-corrected chi connectivity index (χ0v) is 18.4. The number of fused-ring (bicyclic) bond motifs is 2. The van der Waals surface area contributed by atoms with E-state index in [0.29, 0.717) is 27.8 Å². The predicted octanol–water partition coefficient (Wildman–Crippen LogP) is 2.84. The quantitative estimate of drug-likeness (QED) is 0.262. The van der Waals surface area contributed by atoms with E-state index in [4.69, 9.17) is 13.6 Å². The Morgan fingerprint density at radius 1 is 0.943 bits per heavy atom. The number of barbiturate groups is 1. The van der Waals surface area contributed by atoms with E-state index in [2.05, 4.69) is 0 Å². The summed E-state index contributed by atoms with van der Waals surface area (Å²) in [5.74, 6) is -1.46. The number of nitrogens with one attached hydrogen (secondary N) is 2. The molecule has 1 aliphatic rings. The molecule has 5 rings (SSSR count). The van der Waals surface area contributed by atoms with Crippen molar-refractivity contribution in [2.75, 3.05) is 7.11 Å². The average molecular weight is 472 g/mol. The molecule has 3 heterocycles. The molecular formula is C25H16N2O8. The first-order valence-electron chi connectivity index (χ1n) is 10.3. The molecule has 1 aliphatic heterocycles. The molecule has 0 saturated carbocycles. The second-order valence-corrected chi connectivity index (χ2v) is 7.77. The number of rotatable bonds is 4. The Morgan fingerprint density at radius 3 is 2.29 bits per heavy atom. The smallest absolute Gasteiger partial charge is 0.328 e. The summed E-state index contributed by atoms with van der Waals surface area (Å²) in [5, 5.41) is 4.57. The standard InChI is InChI=1S/C25H16N2O8/c1-11-15-8-16-18(9-19(15)35-22(11)21(29)12-3-5-14(33-2)6-4-12)34-10-13(20(16)28)7-17-23(30)26-25(32)27-24(17)31/h3-10H,1-2H3,(H2,26,27,30,31,32). The van der Waals surface area contributed by atoms with Crippen molar-refractivity contribution in [3.8, 4) is 5.75 Å². The van der Waals surface area contributed by atoms with Crippen LogP contribution in [0.2, 0.25) is 0 Å². The fraction of sp³-hybridized carbons (Fsp3) is 0.0800. The van der Waals surface area contributed by atoms with Crippen LogP contribution >= 0.6 is 0 Å². The number of amides is 4. The summed E-state index contributed by atoms with van der Waals surface area (Å²) in [6.07, 6.45) is 2.15. The fourth-order valence-electron chi connectivity index (χ4n) is 3.81. The Labute approximate surface area is 196 Å². The van der Waals surface area contributed by atoms with Crippen LogP contribution in [0.25, 0.3) is 28.0 Å². The number of ketones is 1. The van der Waals surface area contributed by atoms with Crippen molar-refractivity contribution in [3.05, 3.63) is 80.9 Å². The molecule has 174 valence electrons. The third-order valence-corrected chi connectivity index (χ3v) is 5.66. The summed E-state index contributed by atoms with van der Waals surface area (Å²) in [6, 6.07) is 8.68. The van der Waals surface area contributed by atoms with E-state index >= 15 is 0 Å². The van der Waals surface area contributed by atoms with E-state index in [1.807, 2.05) is 10.6 Å². The summed E-state index contributed by atoms with van der Waals surface area (Å²) in [7, 11) is 1.53. The Morgan fingerprint density at radius 2 is 1.63 bits per heavy atom. The third-order valence-electron chi connectivity index (χ3n) is 5.66. The van der Waals surface area contributed by atoms with E-state index in [1.54, 1.807) is 31.2 Å². The van der Waals surface area contributed by atoms with Crippen molar-refractivity contribution in [2.24, 2.45) is 0 Å². The Kier molecular flexibility index (Phi) is 5.05. The molecule has 4 aromatic rings. The minimum atomic E-state index is -0.944. The van der Waals surface area contributed by atoms with Gasteiger partial charge in [0, 0.05) is 22.6 Å². The fourth-order valence-corrected chi connectivity index (χ4v) is 3.81. The van der Waals surface area contributed by atoms with Gasteiger partial charge in [-0.2, -0.15) is 0 Å². The first-order valence-corrected chi connectivity index (χ1v) is 10.3. The molecular weight excluding hydrogens is 456 g/mol. The molecule has 0 aliphatic carbocycles. The largest absolute Gasteiger partial charge is 0.497 e. The second kappa shape index (κ2) is 8.10. The van der Waals surface area contributed by atoms with Crippen LogP contribution in [-0.4, -0.2) is 30.7 Å². The molecule has 4 amide bonds. The molecule has 35 heavy (non-hydrogen) atoms. The molecule has 2 N–H and O–H groups in total. The topological polar surface area (TPSA) is 145 Å². The zero-order valence-electron chi connectivity index (χ0n) is 18.4. The van der Waals surface area contributed by atoms with Gasteiger partial charge in [0.15, 0.2) is 11.2 Å². The van der Waals surface area contributed by atoms with E-state index in [-0.39, 0.29) is 28.1 Å². The molecule has 0 bridgehead atoms. The van der Waals surface area contributed by atoms with Crippen LogP contribution in [0.1, 0.15) is 27.2 Å². The number of urea groups is 1. The van der Waals surface area contributed by atoms with E-state index in [9.17, 15) is 24.0 Å². The number of imide groups is 2. The molecule has 0 unspecified atom stereocenters. The van der Waals surface area contributed by atoms with Crippen LogP contribution < -0.4 is 20.8 Å². The molecule has 1 fully saturated rings. The lowest BCUT2D eigenvalue weighted by Crippen LogP contribution is -2.51. The van der Waals surface area contributed by atoms with Gasteiger partial charge in [-0.25, -0.2) is 4.79 Å². The number of furan rings is 1. The number of carbonyl (C=O) groups excluding carboxylic acids is 4. The normalized spacial score (nSPS) is 13.7. The number of aryl methyl sites for hydroxylation is 1. The molecule has 10 heteroatoms. The molecule has 0 radical (unpaired) electrons. The van der Waals surface area contributed by atoms with Gasteiger partial charge in [0.2, 0.25) is 5.78 Å². The summed E-state index contributed by atoms with van der Waals surface area (Å²) in [5.41, 5.74) is 0.493. The summed E-state index contributed by atoms with van der Waals surface area (Å²) in [6.45, 7) is 1.70. The monoisotopic (exact) mass is 472 g/mol. The van der Waals surface area contributed by atoms with Crippen LogP contribution in [0.5, 0.6) is 5.75 Å². The van der Waals surface area contributed by atoms with Crippen LogP contribution in [-0.2, 0) is 9.59 Å². The second-order valence-electron chi connectivity index (χ2n) is 7.77. The van der Waals surface area contributed by atoms with Crippen LogP contribution in [0.15, 0.2) is 61.9 Å². The van der Waals surface area contributed by atoms with Gasteiger partial charge in [-0.15, -0.1) is 0 Å². The number of methoxy groups -OCH3 is 1. The number of hydrogen-bond acceptors (Lipinski definition) is 8. The zero-order chi connectivity index (χ0) is 24.9.